The Hall–Kier alpha value is -1.82. The molecule has 6 nitrogen and oxygen atoms in total. The number of rotatable bonds is 3. The van der Waals surface area contributed by atoms with Crippen molar-refractivity contribution in [3.63, 3.8) is 0 Å². The topological polar surface area (TPSA) is 65.7 Å². The molecule has 0 amide bonds. The van der Waals surface area contributed by atoms with Crippen molar-refractivity contribution in [1.29, 1.82) is 0 Å². The number of nitrogens with zero attached hydrogens (tertiary/aromatic N) is 5. The largest absolute Gasteiger partial charge is 0.378 e. The van der Waals surface area contributed by atoms with Crippen LogP contribution >= 0.6 is 0 Å². The Morgan fingerprint density at radius 1 is 1.29 bits per heavy atom. The highest BCUT2D eigenvalue weighted by molar-refractivity contribution is 5.15. The summed E-state index contributed by atoms with van der Waals surface area (Å²) in [5.74, 6) is 0.588. The first-order chi connectivity index (χ1) is 6.90. The summed E-state index contributed by atoms with van der Waals surface area (Å²) in [4.78, 5) is 9.68. The summed E-state index contributed by atoms with van der Waals surface area (Å²) in [7, 11) is 1.61. The highest BCUT2D eigenvalue weighted by Gasteiger charge is 2.01. The molecular formula is C8H9N5O. The summed E-state index contributed by atoms with van der Waals surface area (Å²) in [5, 5.41) is 7.90. The van der Waals surface area contributed by atoms with E-state index in [-0.39, 0.29) is 0 Å². The molecule has 0 bridgehead atoms. The molecule has 14 heavy (non-hydrogen) atoms. The van der Waals surface area contributed by atoms with E-state index in [4.69, 9.17) is 4.74 Å². The molecule has 0 aromatic carbocycles. The fraction of sp³-hybridized carbons (Fsp3) is 0.250. The van der Waals surface area contributed by atoms with Crippen LogP contribution in [0, 0.1) is 0 Å². The monoisotopic (exact) mass is 191 g/mol. The Morgan fingerprint density at radius 2 is 2.07 bits per heavy atom. The van der Waals surface area contributed by atoms with Gasteiger partial charge in [0.25, 0.3) is 0 Å². The minimum atomic E-state index is 0.433. The number of ether oxygens (including phenoxy) is 1. The lowest BCUT2D eigenvalue weighted by atomic mass is 10.5. The van der Waals surface area contributed by atoms with Gasteiger partial charge in [-0.1, -0.05) is 0 Å². The lowest BCUT2D eigenvalue weighted by Gasteiger charge is -2.00. The second kappa shape index (κ2) is 3.93. The highest BCUT2D eigenvalue weighted by Crippen LogP contribution is 2.00. The Morgan fingerprint density at radius 3 is 2.79 bits per heavy atom. The van der Waals surface area contributed by atoms with E-state index in [0.29, 0.717) is 12.4 Å². The standard InChI is InChI=1S/C8H9N5O/c1-14-6-7-4-9-5-8(12-7)13-10-2-3-11-13/h2-5H,6H2,1H3. The molecule has 0 saturated heterocycles. The summed E-state index contributed by atoms with van der Waals surface area (Å²) in [5.41, 5.74) is 0.752. The molecule has 0 aliphatic heterocycles. The predicted molar refractivity (Wildman–Crippen MR) is 47.7 cm³/mol. The summed E-state index contributed by atoms with van der Waals surface area (Å²) in [6, 6.07) is 0. The van der Waals surface area contributed by atoms with Gasteiger partial charge in [-0.05, 0) is 0 Å². The molecule has 0 radical (unpaired) electrons. The van der Waals surface area contributed by atoms with Crippen molar-refractivity contribution < 1.29 is 4.74 Å². The van der Waals surface area contributed by atoms with Gasteiger partial charge in [0.1, 0.15) is 0 Å². The molecule has 2 rings (SSSR count). The van der Waals surface area contributed by atoms with Gasteiger partial charge in [0.15, 0.2) is 5.82 Å². The van der Waals surface area contributed by atoms with E-state index in [0.717, 1.165) is 5.69 Å². The molecule has 0 fully saturated rings. The number of methoxy groups -OCH3 is 1. The third kappa shape index (κ3) is 1.74. The van der Waals surface area contributed by atoms with Gasteiger partial charge in [0, 0.05) is 7.11 Å². The van der Waals surface area contributed by atoms with Gasteiger partial charge < -0.3 is 4.74 Å². The highest BCUT2D eigenvalue weighted by atomic mass is 16.5. The van der Waals surface area contributed by atoms with E-state index in [1.807, 2.05) is 0 Å². The first-order valence-electron chi connectivity index (χ1n) is 4.06. The second-order valence-electron chi connectivity index (χ2n) is 2.62. The third-order valence-corrected chi connectivity index (χ3v) is 1.59. The molecule has 6 heteroatoms. The number of hydrogen-bond donors (Lipinski definition) is 0. The Bertz CT molecular complexity index is 400. The van der Waals surface area contributed by atoms with Crippen LogP contribution in [0.3, 0.4) is 0 Å². The number of hydrogen-bond acceptors (Lipinski definition) is 5. The molecule has 2 heterocycles. The predicted octanol–water partition coefficient (Wildman–Crippen LogP) is 0.204. The van der Waals surface area contributed by atoms with Crippen molar-refractivity contribution in [2.45, 2.75) is 6.61 Å². The average Bonchev–Trinajstić information content (AvgIpc) is 2.71. The van der Waals surface area contributed by atoms with Crippen molar-refractivity contribution in [3.8, 4) is 5.82 Å². The lowest BCUT2D eigenvalue weighted by molar-refractivity contribution is 0.181. The van der Waals surface area contributed by atoms with Crippen molar-refractivity contribution in [3.05, 3.63) is 30.5 Å². The molecule has 0 aliphatic rings. The van der Waals surface area contributed by atoms with E-state index in [1.54, 1.807) is 31.9 Å². The van der Waals surface area contributed by atoms with Crippen molar-refractivity contribution in [1.82, 2.24) is 25.0 Å². The van der Waals surface area contributed by atoms with E-state index in [2.05, 4.69) is 20.2 Å². The molecule has 0 N–H and O–H groups in total. The van der Waals surface area contributed by atoms with Gasteiger partial charge in [-0.3, -0.25) is 4.98 Å². The minimum absolute atomic E-state index is 0.433. The van der Waals surface area contributed by atoms with Gasteiger partial charge in [-0.25, -0.2) is 4.98 Å². The minimum Gasteiger partial charge on any atom is -0.378 e. The Kier molecular flexibility index (Phi) is 2.46. The first kappa shape index (κ1) is 8.76. The zero-order valence-corrected chi connectivity index (χ0v) is 7.66. The Balaban J connectivity index is 2.31. The lowest BCUT2D eigenvalue weighted by Crippen LogP contribution is -2.04. The quantitative estimate of drug-likeness (QED) is 0.693. The molecule has 0 aliphatic carbocycles. The molecule has 72 valence electrons. The molecule has 2 aromatic heterocycles. The van der Waals surface area contributed by atoms with Crippen LogP contribution < -0.4 is 0 Å². The van der Waals surface area contributed by atoms with Crippen molar-refractivity contribution >= 4 is 0 Å². The van der Waals surface area contributed by atoms with Crippen molar-refractivity contribution in [2.75, 3.05) is 7.11 Å². The second-order valence-corrected chi connectivity index (χ2v) is 2.62. The SMILES string of the molecule is COCc1cncc(-n2nccn2)n1. The molecule has 2 aromatic rings. The molecule has 0 spiro atoms. The van der Waals surface area contributed by atoms with Crippen LogP contribution in [-0.4, -0.2) is 32.1 Å². The maximum absolute atomic E-state index is 4.95. The van der Waals surface area contributed by atoms with Crippen LogP contribution in [0.5, 0.6) is 0 Å². The van der Waals surface area contributed by atoms with Crippen LogP contribution in [0.4, 0.5) is 0 Å². The molecule has 0 unspecified atom stereocenters. The van der Waals surface area contributed by atoms with E-state index < -0.39 is 0 Å². The van der Waals surface area contributed by atoms with Crippen LogP contribution in [0.1, 0.15) is 5.69 Å². The zero-order valence-electron chi connectivity index (χ0n) is 7.66. The average molecular weight is 191 g/mol. The normalized spacial score (nSPS) is 10.4. The van der Waals surface area contributed by atoms with Crippen LogP contribution in [0.15, 0.2) is 24.8 Å². The van der Waals surface area contributed by atoms with E-state index in [9.17, 15) is 0 Å². The Labute approximate surface area is 80.6 Å². The smallest absolute Gasteiger partial charge is 0.193 e. The van der Waals surface area contributed by atoms with E-state index >= 15 is 0 Å². The van der Waals surface area contributed by atoms with Gasteiger partial charge >= 0.3 is 0 Å². The first-order valence-corrected chi connectivity index (χ1v) is 4.06. The fourth-order valence-electron chi connectivity index (χ4n) is 1.04. The summed E-state index contributed by atoms with van der Waals surface area (Å²) in [6.45, 7) is 0.433. The van der Waals surface area contributed by atoms with Crippen LogP contribution in [0.25, 0.3) is 5.82 Å². The third-order valence-electron chi connectivity index (χ3n) is 1.59. The van der Waals surface area contributed by atoms with Gasteiger partial charge in [0.05, 0.1) is 37.1 Å². The number of aromatic nitrogens is 5. The fourth-order valence-corrected chi connectivity index (χ4v) is 1.04. The van der Waals surface area contributed by atoms with Crippen LogP contribution in [-0.2, 0) is 11.3 Å². The summed E-state index contributed by atoms with van der Waals surface area (Å²) < 4.78 is 4.95. The molecule has 0 atom stereocenters. The zero-order chi connectivity index (χ0) is 9.80. The van der Waals surface area contributed by atoms with Crippen LogP contribution in [0.2, 0.25) is 0 Å². The summed E-state index contributed by atoms with van der Waals surface area (Å²) in [6.07, 6.45) is 6.42. The van der Waals surface area contributed by atoms with E-state index in [1.165, 1.54) is 4.80 Å². The van der Waals surface area contributed by atoms with Gasteiger partial charge in [-0.15, -0.1) is 4.80 Å². The molecule has 0 saturated carbocycles. The maximum Gasteiger partial charge on any atom is 0.193 e. The van der Waals surface area contributed by atoms with Gasteiger partial charge in [0.2, 0.25) is 0 Å². The van der Waals surface area contributed by atoms with Crippen molar-refractivity contribution in [2.24, 2.45) is 0 Å². The summed E-state index contributed by atoms with van der Waals surface area (Å²) >= 11 is 0. The molecular weight excluding hydrogens is 182 g/mol. The van der Waals surface area contributed by atoms with Gasteiger partial charge in [-0.2, -0.15) is 10.2 Å². The maximum atomic E-state index is 4.95.